The molecule has 110 valence electrons. The van der Waals surface area contributed by atoms with Gasteiger partial charge in [0.1, 0.15) is 6.54 Å². The van der Waals surface area contributed by atoms with E-state index in [-0.39, 0.29) is 12.5 Å². The Morgan fingerprint density at radius 3 is 2.68 bits per heavy atom. The number of carbonyl (C=O) groups is 1. The van der Waals surface area contributed by atoms with Crippen molar-refractivity contribution in [2.75, 3.05) is 11.9 Å². The largest absolute Gasteiger partial charge is 0.324 e. The van der Waals surface area contributed by atoms with Crippen LogP contribution in [0.3, 0.4) is 0 Å². The van der Waals surface area contributed by atoms with E-state index in [2.05, 4.69) is 10.3 Å². The summed E-state index contributed by atoms with van der Waals surface area (Å²) >= 11 is 11.9. The van der Waals surface area contributed by atoms with Gasteiger partial charge in [0.25, 0.3) is 0 Å². The first-order valence-electron chi connectivity index (χ1n) is 6.70. The van der Waals surface area contributed by atoms with Gasteiger partial charge in [-0.2, -0.15) is 0 Å². The number of nitrogens with zero attached hydrogens (tertiary/aromatic N) is 1. The standard InChI is InChI=1S/C17H12Cl2N2O/c18-13-7-5-11(9-14(13)19)6-8-15-12-3-1-2-4-16(12)21-17(22)10-20-15/h1-9H,10H2,(H,21,22)/b8-6+. The van der Waals surface area contributed by atoms with Crippen LogP contribution in [0.1, 0.15) is 11.1 Å². The summed E-state index contributed by atoms with van der Waals surface area (Å²) in [6.45, 7) is 0.107. The van der Waals surface area contributed by atoms with Crippen LogP contribution in [0.2, 0.25) is 10.0 Å². The predicted octanol–water partition coefficient (Wildman–Crippen LogP) is 4.45. The molecule has 0 saturated heterocycles. The molecule has 0 bridgehead atoms. The summed E-state index contributed by atoms with van der Waals surface area (Å²) in [6.07, 6.45) is 3.77. The number of para-hydroxylation sites is 1. The van der Waals surface area contributed by atoms with Gasteiger partial charge >= 0.3 is 0 Å². The Kier molecular flexibility index (Phi) is 4.27. The van der Waals surface area contributed by atoms with Crippen molar-refractivity contribution in [3.05, 3.63) is 69.7 Å². The highest BCUT2D eigenvalue weighted by molar-refractivity contribution is 6.42. The third kappa shape index (κ3) is 3.21. The molecule has 0 aromatic heterocycles. The maximum Gasteiger partial charge on any atom is 0.246 e. The molecule has 3 nitrogen and oxygen atoms in total. The second kappa shape index (κ2) is 6.34. The van der Waals surface area contributed by atoms with Crippen LogP contribution in [0.5, 0.6) is 0 Å². The van der Waals surface area contributed by atoms with Crippen LogP contribution in [0.15, 0.2) is 53.5 Å². The lowest BCUT2D eigenvalue weighted by molar-refractivity contribution is -0.114. The number of aliphatic imine (C=N–C) groups is 1. The molecule has 2 aromatic carbocycles. The van der Waals surface area contributed by atoms with E-state index in [9.17, 15) is 4.79 Å². The van der Waals surface area contributed by atoms with Gasteiger partial charge in [0, 0.05) is 5.56 Å². The number of halogens is 2. The van der Waals surface area contributed by atoms with Crippen molar-refractivity contribution in [1.29, 1.82) is 0 Å². The Morgan fingerprint density at radius 2 is 1.86 bits per heavy atom. The Balaban J connectivity index is 1.95. The molecule has 0 saturated carbocycles. The molecule has 0 spiro atoms. The molecular formula is C17H12Cl2N2O. The molecule has 0 fully saturated rings. The minimum Gasteiger partial charge on any atom is -0.324 e. The second-order valence-electron chi connectivity index (χ2n) is 4.80. The monoisotopic (exact) mass is 330 g/mol. The maximum atomic E-state index is 11.7. The van der Waals surface area contributed by atoms with E-state index in [1.54, 1.807) is 12.1 Å². The number of hydrogen-bond donors (Lipinski definition) is 1. The first-order chi connectivity index (χ1) is 10.6. The summed E-state index contributed by atoms with van der Waals surface area (Å²) < 4.78 is 0. The molecule has 1 aliphatic rings. The van der Waals surface area contributed by atoms with Crippen molar-refractivity contribution in [1.82, 2.24) is 0 Å². The second-order valence-corrected chi connectivity index (χ2v) is 5.62. The summed E-state index contributed by atoms with van der Waals surface area (Å²) in [7, 11) is 0. The van der Waals surface area contributed by atoms with Crippen LogP contribution in [0.25, 0.3) is 6.08 Å². The molecule has 2 aromatic rings. The zero-order valence-electron chi connectivity index (χ0n) is 11.5. The fraction of sp³-hybridized carbons (Fsp3) is 0.0588. The number of amides is 1. The predicted molar refractivity (Wildman–Crippen MR) is 92.0 cm³/mol. The smallest absolute Gasteiger partial charge is 0.246 e. The normalized spacial score (nSPS) is 14.3. The Labute approximate surface area is 138 Å². The van der Waals surface area contributed by atoms with Gasteiger partial charge in [0.2, 0.25) is 5.91 Å². The lowest BCUT2D eigenvalue weighted by Gasteiger charge is -2.06. The molecule has 1 aliphatic heterocycles. The lowest BCUT2D eigenvalue weighted by atomic mass is 10.1. The van der Waals surface area contributed by atoms with Crippen LogP contribution in [0, 0.1) is 0 Å². The number of anilines is 1. The van der Waals surface area contributed by atoms with Gasteiger partial charge < -0.3 is 5.32 Å². The zero-order valence-corrected chi connectivity index (χ0v) is 13.0. The number of hydrogen-bond acceptors (Lipinski definition) is 2. The summed E-state index contributed by atoms with van der Waals surface area (Å²) in [5.41, 5.74) is 3.32. The average molecular weight is 331 g/mol. The summed E-state index contributed by atoms with van der Waals surface area (Å²) in [5, 5.41) is 3.86. The van der Waals surface area contributed by atoms with E-state index in [0.717, 1.165) is 22.5 Å². The SMILES string of the molecule is O=C1CN=C(/C=C/c2ccc(Cl)c(Cl)c2)c2ccccc2N1. The first kappa shape index (κ1) is 14.8. The first-order valence-corrected chi connectivity index (χ1v) is 7.46. The van der Waals surface area contributed by atoms with Gasteiger partial charge in [-0.1, -0.05) is 53.5 Å². The van der Waals surface area contributed by atoms with E-state index < -0.39 is 0 Å². The fourth-order valence-electron chi connectivity index (χ4n) is 2.18. The lowest BCUT2D eigenvalue weighted by Crippen LogP contribution is -2.13. The fourth-order valence-corrected chi connectivity index (χ4v) is 2.49. The highest BCUT2D eigenvalue weighted by Crippen LogP contribution is 2.24. The van der Waals surface area contributed by atoms with Crippen molar-refractivity contribution in [3.8, 4) is 0 Å². The number of rotatable bonds is 2. The van der Waals surface area contributed by atoms with Crippen molar-refractivity contribution in [2.45, 2.75) is 0 Å². The molecule has 0 atom stereocenters. The number of benzodiazepines with no additional fused rings is 1. The number of fused-ring (bicyclic) bond motifs is 1. The maximum absolute atomic E-state index is 11.7. The number of allylic oxidation sites excluding steroid dienone is 1. The van der Waals surface area contributed by atoms with Crippen molar-refractivity contribution < 1.29 is 4.79 Å². The van der Waals surface area contributed by atoms with E-state index >= 15 is 0 Å². The molecule has 22 heavy (non-hydrogen) atoms. The summed E-state index contributed by atoms with van der Waals surface area (Å²) in [5.74, 6) is -0.120. The van der Waals surface area contributed by atoms with Crippen molar-refractivity contribution in [3.63, 3.8) is 0 Å². The number of carbonyl (C=O) groups excluding carboxylic acids is 1. The van der Waals surface area contributed by atoms with Crippen LogP contribution >= 0.6 is 23.2 Å². The van der Waals surface area contributed by atoms with Crippen molar-refractivity contribution in [2.24, 2.45) is 4.99 Å². The Hall–Kier alpha value is -2.10. The third-order valence-electron chi connectivity index (χ3n) is 3.25. The Morgan fingerprint density at radius 1 is 1.05 bits per heavy atom. The van der Waals surface area contributed by atoms with Gasteiger partial charge in [-0.05, 0) is 29.8 Å². The molecule has 0 unspecified atom stereocenters. The molecule has 1 amide bonds. The third-order valence-corrected chi connectivity index (χ3v) is 3.99. The highest BCUT2D eigenvalue weighted by atomic mass is 35.5. The topological polar surface area (TPSA) is 41.5 Å². The van der Waals surface area contributed by atoms with Crippen molar-refractivity contribution >= 4 is 46.6 Å². The average Bonchev–Trinajstić information content (AvgIpc) is 2.67. The van der Waals surface area contributed by atoms with Gasteiger partial charge in [-0.3, -0.25) is 9.79 Å². The molecule has 3 rings (SSSR count). The van der Waals surface area contributed by atoms with Gasteiger partial charge in [-0.25, -0.2) is 0 Å². The minimum absolute atomic E-state index is 0.107. The zero-order chi connectivity index (χ0) is 15.5. The molecule has 5 heteroatoms. The molecule has 1 heterocycles. The van der Waals surface area contributed by atoms with E-state index in [1.165, 1.54) is 0 Å². The number of benzene rings is 2. The van der Waals surface area contributed by atoms with Crippen LogP contribution in [-0.2, 0) is 4.79 Å². The molecular weight excluding hydrogens is 319 g/mol. The molecule has 0 radical (unpaired) electrons. The van der Waals surface area contributed by atoms with E-state index in [0.29, 0.717) is 10.0 Å². The van der Waals surface area contributed by atoms with E-state index in [4.69, 9.17) is 23.2 Å². The number of nitrogens with one attached hydrogen (secondary N) is 1. The van der Waals surface area contributed by atoms with Gasteiger partial charge in [0.05, 0.1) is 21.4 Å². The van der Waals surface area contributed by atoms with Crippen LogP contribution < -0.4 is 5.32 Å². The van der Waals surface area contributed by atoms with Crippen LogP contribution in [-0.4, -0.2) is 18.2 Å². The molecule has 1 N–H and O–H groups in total. The quantitative estimate of drug-likeness (QED) is 0.868. The van der Waals surface area contributed by atoms with Crippen LogP contribution in [0.4, 0.5) is 5.69 Å². The van der Waals surface area contributed by atoms with Gasteiger partial charge in [-0.15, -0.1) is 0 Å². The summed E-state index contributed by atoms with van der Waals surface area (Å²) in [6, 6.07) is 13.0. The van der Waals surface area contributed by atoms with Gasteiger partial charge in [0.15, 0.2) is 0 Å². The Bertz CT molecular complexity index is 797. The van der Waals surface area contributed by atoms with E-state index in [1.807, 2.05) is 42.5 Å². The minimum atomic E-state index is -0.120. The molecule has 0 aliphatic carbocycles. The highest BCUT2D eigenvalue weighted by Gasteiger charge is 2.13. The summed E-state index contributed by atoms with van der Waals surface area (Å²) in [4.78, 5) is 16.0.